The fraction of sp³-hybridized carbons (Fsp3) is 0.714. The highest BCUT2D eigenvalue weighted by Gasteiger charge is 2.31. The van der Waals surface area contributed by atoms with E-state index in [0.717, 1.165) is 0 Å². The van der Waals surface area contributed by atoms with Crippen LogP contribution in [0.15, 0.2) is 4.52 Å². The van der Waals surface area contributed by atoms with E-state index in [0.29, 0.717) is 0 Å². The zero-order valence-electron chi connectivity index (χ0n) is 7.51. The van der Waals surface area contributed by atoms with Gasteiger partial charge in [0.05, 0.1) is 0 Å². The van der Waals surface area contributed by atoms with Crippen molar-refractivity contribution in [1.82, 2.24) is 10.1 Å². The van der Waals surface area contributed by atoms with Crippen LogP contribution in [0.25, 0.3) is 0 Å². The van der Waals surface area contributed by atoms with Crippen LogP contribution in [-0.4, -0.2) is 22.9 Å². The monoisotopic (exact) mass is 209 g/mol. The first-order chi connectivity index (χ1) is 6.42. The Morgan fingerprint density at radius 3 is 2.64 bits per heavy atom. The number of hydrogen-bond donors (Lipinski definition) is 1. The largest absolute Gasteiger partial charge is 0.397 e. The van der Waals surface area contributed by atoms with Crippen molar-refractivity contribution in [3.63, 3.8) is 0 Å². The molecule has 1 unspecified atom stereocenters. The van der Waals surface area contributed by atoms with Crippen LogP contribution in [-0.2, 0) is 6.42 Å². The number of aromatic nitrogens is 2. The number of rotatable bonds is 3. The molecule has 2 N–H and O–H groups in total. The molecule has 0 radical (unpaired) electrons. The fourth-order valence-electron chi connectivity index (χ4n) is 0.817. The van der Waals surface area contributed by atoms with E-state index in [2.05, 4.69) is 14.7 Å². The van der Waals surface area contributed by atoms with Gasteiger partial charge in [0.15, 0.2) is 5.82 Å². The molecule has 0 amide bonds. The maximum absolute atomic E-state index is 11.9. The highest BCUT2D eigenvalue weighted by molar-refractivity contribution is 4.94. The van der Waals surface area contributed by atoms with Crippen LogP contribution in [0.4, 0.5) is 13.2 Å². The van der Waals surface area contributed by atoms with Crippen molar-refractivity contribution < 1.29 is 17.7 Å². The molecule has 0 saturated heterocycles. The lowest BCUT2D eigenvalue weighted by Crippen LogP contribution is -2.13. The zero-order chi connectivity index (χ0) is 10.8. The number of nitrogens with two attached hydrogens (primary N) is 1. The van der Waals surface area contributed by atoms with E-state index < -0.39 is 18.5 Å². The first kappa shape index (κ1) is 11.0. The van der Waals surface area contributed by atoms with E-state index in [-0.39, 0.29) is 18.3 Å². The Morgan fingerprint density at radius 2 is 2.14 bits per heavy atom. The summed E-state index contributed by atoms with van der Waals surface area (Å²) in [5, 5.41) is 3.40. The Kier molecular flexibility index (Phi) is 3.10. The summed E-state index contributed by atoms with van der Waals surface area (Å²) >= 11 is 0. The molecule has 1 aromatic heterocycles. The van der Waals surface area contributed by atoms with E-state index in [1.165, 1.54) is 0 Å². The molecule has 0 aliphatic carbocycles. The van der Waals surface area contributed by atoms with Gasteiger partial charge in [-0.2, -0.15) is 18.2 Å². The maximum atomic E-state index is 11.9. The summed E-state index contributed by atoms with van der Waals surface area (Å²) in [4.78, 5) is 3.59. The van der Waals surface area contributed by atoms with E-state index in [9.17, 15) is 13.2 Å². The molecule has 80 valence electrons. The number of hydrogen-bond acceptors (Lipinski definition) is 4. The quantitative estimate of drug-likeness (QED) is 0.813. The van der Waals surface area contributed by atoms with E-state index in [4.69, 9.17) is 5.73 Å². The predicted molar refractivity (Wildman–Crippen MR) is 41.5 cm³/mol. The molecule has 0 fully saturated rings. The molecule has 0 spiro atoms. The summed E-state index contributed by atoms with van der Waals surface area (Å²) in [6.45, 7) is 1.98. The first-order valence-electron chi connectivity index (χ1n) is 4.01. The molecule has 0 aliphatic rings. The van der Waals surface area contributed by atoms with Gasteiger partial charge in [0.25, 0.3) is 0 Å². The van der Waals surface area contributed by atoms with Gasteiger partial charge in [-0.05, 0) is 0 Å². The molecule has 1 atom stereocenters. The Hall–Kier alpha value is -1.11. The molecular formula is C7H10F3N3O. The molecule has 14 heavy (non-hydrogen) atoms. The van der Waals surface area contributed by atoms with Crippen molar-refractivity contribution in [3.8, 4) is 0 Å². The summed E-state index contributed by atoms with van der Waals surface area (Å²) in [6.07, 6.45) is -5.52. The lowest BCUT2D eigenvalue weighted by atomic mass is 10.2. The van der Waals surface area contributed by atoms with Gasteiger partial charge in [-0.3, -0.25) is 0 Å². The van der Waals surface area contributed by atoms with Crippen LogP contribution in [0.2, 0.25) is 0 Å². The highest BCUT2D eigenvalue weighted by Crippen LogP contribution is 2.21. The van der Waals surface area contributed by atoms with E-state index in [1.54, 1.807) is 6.92 Å². The van der Waals surface area contributed by atoms with Crippen molar-refractivity contribution in [3.05, 3.63) is 11.7 Å². The number of alkyl halides is 3. The summed E-state index contributed by atoms with van der Waals surface area (Å²) in [7, 11) is 0. The zero-order valence-corrected chi connectivity index (χ0v) is 7.51. The topological polar surface area (TPSA) is 64.9 Å². The van der Waals surface area contributed by atoms with Crippen LogP contribution < -0.4 is 5.73 Å². The average molecular weight is 209 g/mol. The van der Waals surface area contributed by atoms with E-state index >= 15 is 0 Å². The van der Waals surface area contributed by atoms with Crippen LogP contribution in [0.3, 0.4) is 0 Å². The molecule has 0 saturated carbocycles. The molecular weight excluding hydrogens is 199 g/mol. The minimum absolute atomic E-state index is 0.194. The average Bonchev–Trinajstić information content (AvgIpc) is 2.48. The molecule has 1 heterocycles. The lowest BCUT2D eigenvalue weighted by Gasteiger charge is -2.00. The van der Waals surface area contributed by atoms with Gasteiger partial charge in [-0.1, -0.05) is 12.1 Å². The second kappa shape index (κ2) is 3.95. The van der Waals surface area contributed by atoms with Crippen molar-refractivity contribution in [2.24, 2.45) is 5.73 Å². The Labute approximate surface area is 78.3 Å². The second-order valence-electron chi connectivity index (χ2n) is 2.98. The SMILES string of the molecule is CC(CN)c1noc(CC(F)(F)F)n1. The summed E-state index contributed by atoms with van der Waals surface area (Å²) in [5.41, 5.74) is 5.30. The van der Waals surface area contributed by atoms with Gasteiger partial charge in [0, 0.05) is 12.5 Å². The van der Waals surface area contributed by atoms with E-state index in [1.807, 2.05) is 0 Å². The normalized spacial score (nSPS) is 14.4. The fourth-order valence-corrected chi connectivity index (χ4v) is 0.817. The van der Waals surface area contributed by atoms with Gasteiger partial charge < -0.3 is 10.3 Å². The lowest BCUT2D eigenvalue weighted by molar-refractivity contribution is -0.131. The summed E-state index contributed by atoms with van der Waals surface area (Å²) in [5.74, 6) is -0.403. The second-order valence-corrected chi connectivity index (χ2v) is 2.98. The molecule has 4 nitrogen and oxygen atoms in total. The van der Waals surface area contributed by atoms with Crippen molar-refractivity contribution >= 4 is 0 Å². The molecule has 0 aliphatic heterocycles. The van der Waals surface area contributed by atoms with Crippen LogP contribution in [0, 0.1) is 0 Å². The minimum Gasteiger partial charge on any atom is -0.339 e. The predicted octanol–water partition coefficient (Wildman–Crippen LogP) is 1.24. The van der Waals surface area contributed by atoms with Crippen LogP contribution in [0.1, 0.15) is 24.6 Å². The Bertz CT molecular complexity index is 297. The maximum Gasteiger partial charge on any atom is 0.397 e. The third-order valence-electron chi connectivity index (χ3n) is 1.63. The van der Waals surface area contributed by atoms with Crippen molar-refractivity contribution in [2.45, 2.75) is 25.4 Å². The van der Waals surface area contributed by atoms with Gasteiger partial charge >= 0.3 is 6.18 Å². The van der Waals surface area contributed by atoms with Gasteiger partial charge in [0.2, 0.25) is 5.89 Å². The van der Waals surface area contributed by atoms with Crippen LogP contribution in [0.5, 0.6) is 0 Å². The summed E-state index contributed by atoms with van der Waals surface area (Å²) < 4.78 is 40.1. The third-order valence-corrected chi connectivity index (χ3v) is 1.63. The highest BCUT2D eigenvalue weighted by atomic mass is 19.4. The molecule has 1 rings (SSSR count). The van der Waals surface area contributed by atoms with Gasteiger partial charge in [-0.15, -0.1) is 0 Å². The molecule has 0 aromatic carbocycles. The van der Waals surface area contributed by atoms with Crippen LogP contribution >= 0.6 is 0 Å². The standard InChI is InChI=1S/C7H10F3N3O/c1-4(3-11)6-12-5(14-13-6)2-7(8,9)10/h4H,2-3,11H2,1H3. The molecule has 7 heteroatoms. The smallest absolute Gasteiger partial charge is 0.339 e. The van der Waals surface area contributed by atoms with Crippen molar-refractivity contribution in [2.75, 3.05) is 6.54 Å². The minimum atomic E-state index is -4.32. The van der Waals surface area contributed by atoms with Gasteiger partial charge in [-0.25, -0.2) is 0 Å². The summed E-state index contributed by atoms with van der Waals surface area (Å²) in [6, 6.07) is 0. The molecule has 0 bridgehead atoms. The Balaban J connectivity index is 2.69. The number of nitrogens with zero attached hydrogens (tertiary/aromatic N) is 2. The van der Waals surface area contributed by atoms with Crippen molar-refractivity contribution in [1.29, 1.82) is 0 Å². The van der Waals surface area contributed by atoms with Gasteiger partial charge in [0.1, 0.15) is 6.42 Å². The Morgan fingerprint density at radius 1 is 1.50 bits per heavy atom. The molecule has 1 aromatic rings. The number of halogens is 3. The third kappa shape index (κ3) is 2.99. The first-order valence-corrected chi connectivity index (χ1v) is 4.01.